The molecule has 3 aromatic carbocycles. The molecule has 10 heteroatoms. The van der Waals surface area contributed by atoms with E-state index >= 15 is 0 Å². The van der Waals surface area contributed by atoms with Gasteiger partial charge in [0.15, 0.2) is 5.17 Å². The molecule has 0 radical (unpaired) electrons. The predicted octanol–water partition coefficient (Wildman–Crippen LogP) is 7.02. The highest BCUT2D eigenvalue weighted by atomic mass is 35.5. The van der Waals surface area contributed by atoms with Crippen LogP contribution in [0.1, 0.15) is 30.9 Å². The normalized spacial score (nSPS) is 16.3. The molecule has 1 fully saturated rings. The number of hydrogen-bond donors (Lipinski definition) is 0. The Hall–Kier alpha value is -4.34. The number of piperidine rings is 1. The number of amidine groups is 1. The zero-order valence-electron chi connectivity index (χ0n) is 24.2. The summed E-state index contributed by atoms with van der Waals surface area (Å²) in [5, 5.41) is 6.26. The van der Waals surface area contributed by atoms with Crippen LogP contribution in [0.2, 0.25) is 5.02 Å². The highest BCUT2D eigenvalue weighted by Crippen LogP contribution is 2.35. The molecule has 44 heavy (non-hydrogen) atoms. The molecule has 8 nitrogen and oxygen atoms in total. The Balaban J connectivity index is 1.20. The number of benzene rings is 3. The van der Waals surface area contributed by atoms with Crippen molar-refractivity contribution in [2.75, 3.05) is 19.7 Å². The van der Waals surface area contributed by atoms with Crippen molar-refractivity contribution in [1.82, 2.24) is 14.7 Å². The van der Waals surface area contributed by atoms with E-state index in [-0.39, 0.29) is 17.8 Å². The molecule has 1 aromatic heterocycles. The molecule has 4 aromatic rings. The van der Waals surface area contributed by atoms with Gasteiger partial charge in [0.25, 0.3) is 5.91 Å². The van der Waals surface area contributed by atoms with E-state index in [1.54, 1.807) is 0 Å². The first kappa shape index (κ1) is 29.7. The Morgan fingerprint density at radius 3 is 2.45 bits per heavy atom. The van der Waals surface area contributed by atoms with Gasteiger partial charge in [0.1, 0.15) is 12.4 Å². The molecule has 2 aliphatic heterocycles. The van der Waals surface area contributed by atoms with Crippen LogP contribution in [0.25, 0.3) is 23.0 Å². The third-order valence-corrected chi connectivity index (χ3v) is 8.79. The van der Waals surface area contributed by atoms with Crippen molar-refractivity contribution in [2.45, 2.75) is 26.4 Å². The number of hydrogen-bond acceptors (Lipinski definition) is 7. The Morgan fingerprint density at radius 1 is 1.02 bits per heavy atom. The van der Waals surface area contributed by atoms with Crippen LogP contribution in [-0.4, -0.2) is 51.4 Å². The number of thioether (sulfide) groups is 1. The van der Waals surface area contributed by atoms with Gasteiger partial charge in [-0.1, -0.05) is 41.9 Å². The maximum absolute atomic E-state index is 13.0. The summed E-state index contributed by atoms with van der Waals surface area (Å²) in [4.78, 5) is 32.2. The number of halogens is 1. The number of amides is 1. The van der Waals surface area contributed by atoms with Crippen LogP contribution < -0.4 is 4.74 Å². The lowest BCUT2D eigenvalue weighted by Gasteiger charge is -2.31. The number of aromatic nitrogens is 2. The zero-order valence-corrected chi connectivity index (χ0v) is 25.8. The Labute approximate surface area is 265 Å². The number of carbonyl (C=O) groups excluding carboxylic acids is 2. The molecule has 0 spiro atoms. The quantitative estimate of drug-likeness (QED) is 0.153. The summed E-state index contributed by atoms with van der Waals surface area (Å²) in [6, 6.07) is 25.2. The van der Waals surface area contributed by atoms with Gasteiger partial charge in [0, 0.05) is 35.4 Å². The van der Waals surface area contributed by atoms with Gasteiger partial charge in [0.05, 0.1) is 28.8 Å². The maximum atomic E-state index is 13.0. The molecule has 0 bridgehead atoms. The zero-order chi connectivity index (χ0) is 30.5. The number of likely N-dealkylation sites (tertiary alicyclic amines) is 1. The van der Waals surface area contributed by atoms with Crippen LogP contribution >= 0.6 is 23.4 Å². The average Bonchev–Trinajstić information content (AvgIpc) is 3.65. The second-order valence-corrected chi connectivity index (χ2v) is 11.9. The molecule has 3 heterocycles. The predicted molar refractivity (Wildman–Crippen MR) is 174 cm³/mol. The van der Waals surface area contributed by atoms with E-state index in [0.717, 1.165) is 33.8 Å². The SMILES string of the molecule is CCOC(=O)C1CCN(C2=NC(=O)C(=Cc3cn(-c4ccccc4)nc3-c3ccc(OCc4ccc(Cl)cc4)cc3)S2)CC1. The van der Waals surface area contributed by atoms with Gasteiger partial charge in [-0.2, -0.15) is 10.1 Å². The third kappa shape index (κ3) is 6.90. The van der Waals surface area contributed by atoms with E-state index < -0.39 is 0 Å². The van der Waals surface area contributed by atoms with Crippen molar-refractivity contribution in [3.63, 3.8) is 0 Å². The molecule has 1 amide bonds. The molecular formula is C34H31ClN4O4S. The number of ether oxygens (including phenoxy) is 2. The largest absolute Gasteiger partial charge is 0.489 e. The van der Waals surface area contributed by atoms with Crippen molar-refractivity contribution in [3.05, 3.63) is 106 Å². The molecule has 2 aliphatic rings. The maximum Gasteiger partial charge on any atom is 0.309 e. The Kier molecular flexibility index (Phi) is 9.14. The summed E-state index contributed by atoms with van der Waals surface area (Å²) in [6.45, 7) is 3.94. The van der Waals surface area contributed by atoms with Gasteiger partial charge < -0.3 is 14.4 Å². The number of esters is 1. The molecule has 6 rings (SSSR count). The first-order valence-corrected chi connectivity index (χ1v) is 15.7. The second-order valence-electron chi connectivity index (χ2n) is 10.5. The number of aliphatic imine (C=N–C) groups is 1. The van der Waals surface area contributed by atoms with Crippen molar-refractivity contribution < 1.29 is 19.1 Å². The molecule has 0 saturated carbocycles. The van der Waals surface area contributed by atoms with Gasteiger partial charge in [0.2, 0.25) is 0 Å². The fourth-order valence-electron chi connectivity index (χ4n) is 5.13. The minimum Gasteiger partial charge on any atom is -0.489 e. The minimum atomic E-state index is -0.276. The van der Waals surface area contributed by atoms with Crippen molar-refractivity contribution in [1.29, 1.82) is 0 Å². The average molecular weight is 627 g/mol. The van der Waals surface area contributed by atoms with Crippen LogP contribution in [0.3, 0.4) is 0 Å². The summed E-state index contributed by atoms with van der Waals surface area (Å²) >= 11 is 7.35. The van der Waals surface area contributed by atoms with Crippen molar-refractivity contribution in [3.8, 4) is 22.7 Å². The Bertz CT molecular complexity index is 1690. The summed E-state index contributed by atoms with van der Waals surface area (Å²) in [5.74, 6) is 0.206. The van der Waals surface area contributed by atoms with E-state index in [1.807, 2.05) is 103 Å². The first-order valence-electron chi connectivity index (χ1n) is 14.5. The molecule has 1 saturated heterocycles. The molecule has 0 aliphatic carbocycles. The summed E-state index contributed by atoms with van der Waals surface area (Å²) in [6.07, 6.45) is 5.15. The van der Waals surface area contributed by atoms with E-state index in [2.05, 4.69) is 9.89 Å². The van der Waals surface area contributed by atoms with Crippen LogP contribution in [0.15, 0.2) is 95.0 Å². The lowest BCUT2D eigenvalue weighted by Crippen LogP contribution is -2.39. The van der Waals surface area contributed by atoms with E-state index in [0.29, 0.717) is 54.2 Å². The van der Waals surface area contributed by atoms with Crippen LogP contribution in [0.5, 0.6) is 5.75 Å². The first-order chi connectivity index (χ1) is 21.5. The number of para-hydroxylation sites is 1. The highest BCUT2D eigenvalue weighted by molar-refractivity contribution is 8.18. The molecule has 0 unspecified atom stereocenters. The smallest absolute Gasteiger partial charge is 0.309 e. The van der Waals surface area contributed by atoms with Crippen LogP contribution in [0.4, 0.5) is 0 Å². The summed E-state index contributed by atoms with van der Waals surface area (Å²) < 4.78 is 13.0. The standard InChI is InChI=1S/C34H31ClN4O4S/c1-2-42-33(41)25-16-18-38(19-17-25)34-36-32(40)30(44-34)20-26-21-39(28-6-4-3-5-7-28)37-31(26)24-10-14-29(15-11-24)43-22-23-8-12-27(35)13-9-23/h3-15,20-21,25H,2,16-19,22H2,1H3. The highest BCUT2D eigenvalue weighted by Gasteiger charge is 2.32. The molecule has 224 valence electrons. The molecular weight excluding hydrogens is 596 g/mol. The van der Waals surface area contributed by atoms with Gasteiger partial charge in [-0.15, -0.1) is 0 Å². The van der Waals surface area contributed by atoms with Crippen LogP contribution in [0, 0.1) is 5.92 Å². The number of rotatable bonds is 8. The van der Waals surface area contributed by atoms with E-state index in [4.69, 9.17) is 26.2 Å². The van der Waals surface area contributed by atoms with Crippen molar-refractivity contribution in [2.24, 2.45) is 10.9 Å². The number of nitrogens with zero attached hydrogens (tertiary/aromatic N) is 4. The number of carbonyl (C=O) groups is 2. The van der Waals surface area contributed by atoms with Crippen LogP contribution in [-0.2, 0) is 20.9 Å². The monoisotopic (exact) mass is 626 g/mol. The van der Waals surface area contributed by atoms with E-state index in [9.17, 15) is 9.59 Å². The van der Waals surface area contributed by atoms with Crippen molar-refractivity contribution >= 4 is 46.5 Å². The second kappa shape index (κ2) is 13.5. The summed E-state index contributed by atoms with van der Waals surface area (Å²) in [7, 11) is 0. The minimum absolute atomic E-state index is 0.107. The van der Waals surface area contributed by atoms with Gasteiger partial charge >= 0.3 is 5.97 Å². The summed E-state index contributed by atoms with van der Waals surface area (Å²) in [5.41, 5.74) is 4.37. The van der Waals surface area contributed by atoms with Gasteiger partial charge in [-0.25, -0.2) is 4.68 Å². The third-order valence-electron chi connectivity index (χ3n) is 7.49. The van der Waals surface area contributed by atoms with Gasteiger partial charge in [-0.3, -0.25) is 9.59 Å². The lowest BCUT2D eigenvalue weighted by molar-refractivity contribution is -0.149. The fraction of sp³-hybridized carbons (Fsp3) is 0.235. The molecule has 0 atom stereocenters. The topological polar surface area (TPSA) is 86.0 Å². The van der Waals surface area contributed by atoms with E-state index in [1.165, 1.54) is 11.8 Å². The fourth-order valence-corrected chi connectivity index (χ4v) is 6.21. The Morgan fingerprint density at radius 2 is 1.75 bits per heavy atom. The van der Waals surface area contributed by atoms with Gasteiger partial charge in [-0.05, 0) is 91.7 Å². The molecule has 0 N–H and O–H groups in total. The lowest BCUT2D eigenvalue weighted by atomic mass is 9.97.